The lowest BCUT2D eigenvalue weighted by Gasteiger charge is -2.03. The van der Waals surface area contributed by atoms with E-state index in [-0.39, 0.29) is 0 Å². The van der Waals surface area contributed by atoms with E-state index >= 15 is 0 Å². The van der Waals surface area contributed by atoms with E-state index < -0.39 is 0 Å². The fraction of sp³-hybridized carbons (Fsp3) is 1.00. The molecule has 5 unspecified atom stereocenters. The fourth-order valence-electron chi connectivity index (χ4n) is 4.03. The van der Waals surface area contributed by atoms with Crippen LogP contribution in [0.3, 0.4) is 0 Å². The largest absolute Gasteiger partial charge is 0.0593 e. The molecule has 0 amide bonds. The third-order valence-corrected chi connectivity index (χ3v) is 4.75. The Morgan fingerprint density at radius 3 is 2.56 bits per heavy atom. The highest BCUT2D eigenvalue weighted by atomic mass is 14.9. The molecule has 0 N–H and O–H groups in total. The van der Waals surface area contributed by atoms with E-state index in [4.69, 9.17) is 0 Å². The number of fused-ring (bicyclic) bond motifs is 3. The third kappa shape index (κ3) is 0.222. The second-order valence-corrected chi connectivity index (χ2v) is 5.21. The topological polar surface area (TPSA) is 0 Å². The molecule has 0 heteroatoms. The Morgan fingerprint density at radius 2 is 2.11 bits per heavy atom. The van der Waals surface area contributed by atoms with Gasteiger partial charge in [0.2, 0.25) is 0 Å². The molecule has 0 heterocycles. The standard InChI is InChI=1S/C9H12/c1-8-2-5(8)7-6-3-9(6,7)4-8/h5-7H,2-4H2,1H3. The molecule has 4 aliphatic carbocycles. The molecule has 9 heavy (non-hydrogen) atoms. The Bertz CT molecular complexity index is 216. The molecule has 0 bridgehead atoms. The van der Waals surface area contributed by atoms with Gasteiger partial charge >= 0.3 is 0 Å². The SMILES string of the molecule is CC12CC1C1C3CC31C2. The molecule has 48 valence electrons. The minimum Gasteiger partial charge on any atom is -0.0593 e. The van der Waals surface area contributed by atoms with Crippen LogP contribution in [0, 0.1) is 28.6 Å². The molecule has 4 aliphatic rings. The van der Waals surface area contributed by atoms with E-state index in [9.17, 15) is 0 Å². The smallest absolute Gasteiger partial charge is 0.0224 e. The van der Waals surface area contributed by atoms with Crippen LogP contribution >= 0.6 is 0 Å². The number of rotatable bonds is 0. The molecule has 0 aromatic rings. The van der Waals surface area contributed by atoms with Crippen LogP contribution in [0.15, 0.2) is 0 Å². The zero-order valence-electron chi connectivity index (χ0n) is 5.85. The zero-order valence-corrected chi connectivity index (χ0v) is 5.85. The van der Waals surface area contributed by atoms with E-state index in [1.54, 1.807) is 19.3 Å². The van der Waals surface area contributed by atoms with Gasteiger partial charge in [0.25, 0.3) is 0 Å². The van der Waals surface area contributed by atoms with E-state index in [0.717, 1.165) is 10.8 Å². The molecular weight excluding hydrogens is 108 g/mol. The summed E-state index contributed by atoms with van der Waals surface area (Å²) in [7, 11) is 0. The van der Waals surface area contributed by atoms with E-state index in [1.165, 1.54) is 17.8 Å². The first kappa shape index (κ1) is 4.00. The summed E-state index contributed by atoms with van der Waals surface area (Å²) in [4.78, 5) is 0. The van der Waals surface area contributed by atoms with Gasteiger partial charge in [-0.1, -0.05) is 6.92 Å². The van der Waals surface area contributed by atoms with Gasteiger partial charge in [-0.05, 0) is 47.8 Å². The Kier molecular flexibility index (Phi) is 0.302. The van der Waals surface area contributed by atoms with Crippen molar-refractivity contribution in [2.45, 2.75) is 26.2 Å². The minimum atomic E-state index is 0.887. The van der Waals surface area contributed by atoms with Gasteiger partial charge in [-0.25, -0.2) is 0 Å². The monoisotopic (exact) mass is 120 g/mol. The van der Waals surface area contributed by atoms with E-state index in [1.807, 2.05) is 0 Å². The average Bonchev–Trinajstić information content (AvgIpc) is 2.54. The Morgan fingerprint density at radius 1 is 1.22 bits per heavy atom. The summed E-state index contributed by atoms with van der Waals surface area (Å²) >= 11 is 0. The number of hydrogen-bond donors (Lipinski definition) is 0. The van der Waals surface area contributed by atoms with Crippen LogP contribution in [-0.4, -0.2) is 0 Å². The maximum absolute atomic E-state index is 2.51. The van der Waals surface area contributed by atoms with Gasteiger partial charge in [-0.2, -0.15) is 0 Å². The van der Waals surface area contributed by atoms with Crippen molar-refractivity contribution in [3.05, 3.63) is 0 Å². The predicted octanol–water partition coefficient (Wildman–Crippen LogP) is 2.05. The van der Waals surface area contributed by atoms with Gasteiger partial charge in [-0.15, -0.1) is 0 Å². The van der Waals surface area contributed by atoms with Crippen molar-refractivity contribution in [1.82, 2.24) is 0 Å². The highest BCUT2D eigenvalue weighted by Gasteiger charge is 2.90. The second-order valence-electron chi connectivity index (χ2n) is 5.21. The fourth-order valence-corrected chi connectivity index (χ4v) is 4.03. The first-order chi connectivity index (χ1) is 4.26. The Labute approximate surface area is 55.6 Å². The molecule has 0 saturated heterocycles. The molecule has 0 aromatic carbocycles. The van der Waals surface area contributed by atoms with Gasteiger partial charge < -0.3 is 0 Å². The van der Waals surface area contributed by atoms with Crippen molar-refractivity contribution in [1.29, 1.82) is 0 Å². The summed E-state index contributed by atoms with van der Waals surface area (Å²) in [5.74, 6) is 3.75. The summed E-state index contributed by atoms with van der Waals surface area (Å²) in [5, 5.41) is 0. The lowest BCUT2D eigenvalue weighted by Crippen LogP contribution is -1.94. The molecule has 0 aliphatic heterocycles. The quantitative estimate of drug-likeness (QED) is 0.459. The molecule has 0 radical (unpaired) electrons. The first-order valence-electron chi connectivity index (χ1n) is 4.26. The maximum Gasteiger partial charge on any atom is -0.0224 e. The predicted molar refractivity (Wildman–Crippen MR) is 34.9 cm³/mol. The summed E-state index contributed by atoms with van der Waals surface area (Å²) in [6.45, 7) is 2.51. The highest BCUT2D eigenvalue weighted by molar-refractivity contribution is 5.38. The van der Waals surface area contributed by atoms with Crippen molar-refractivity contribution in [2.75, 3.05) is 0 Å². The molecule has 4 rings (SSSR count). The van der Waals surface area contributed by atoms with Gasteiger partial charge in [0.05, 0.1) is 0 Å². The average molecular weight is 120 g/mol. The van der Waals surface area contributed by atoms with Crippen LogP contribution in [0.4, 0.5) is 0 Å². The van der Waals surface area contributed by atoms with Gasteiger partial charge in [0.15, 0.2) is 0 Å². The zero-order chi connectivity index (χ0) is 5.85. The highest BCUT2D eigenvalue weighted by Crippen LogP contribution is 2.96. The molecular formula is C9H12. The van der Waals surface area contributed by atoms with E-state index in [0.29, 0.717) is 0 Å². The molecule has 4 fully saturated rings. The lowest BCUT2D eigenvalue weighted by atomic mass is 10.0. The van der Waals surface area contributed by atoms with Gasteiger partial charge in [0, 0.05) is 0 Å². The third-order valence-electron chi connectivity index (χ3n) is 4.75. The van der Waals surface area contributed by atoms with Crippen molar-refractivity contribution in [3.63, 3.8) is 0 Å². The van der Waals surface area contributed by atoms with Crippen LogP contribution in [0.1, 0.15) is 26.2 Å². The second kappa shape index (κ2) is 0.681. The normalized spacial score (nSPS) is 87.0. The molecule has 0 aromatic heterocycles. The van der Waals surface area contributed by atoms with Crippen molar-refractivity contribution >= 4 is 0 Å². The maximum atomic E-state index is 2.51. The minimum absolute atomic E-state index is 0.887. The first-order valence-corrected chi connectivity index (χ1v) is 4.26. The van der Waals surface area contributed by atoms with Crippen LogP contribution in [0.2, 0.25) is 0 Å². The lowest BCUT2D eigenvalue weighted by molar-refractivity contribution is 0.464. The molecule has 0 nitrogen and oxygen atoms in total. The van der Waals surface area contributed by atoms with Gasteiger partial charge in [-0.3, -0.25) is 0 Å². The summed E-state index contributed by atoms with van der Waals surface area (Å²) in [5.41, 5.74) is 1.90. The summed E-state index contributed by atoms with van der Waals surface area (Å²) in [6.07, 6.45) is 4.85. The molecule has 1 spiro atoms. The Balaban J connectivity index is 1.88. The molecule has 5 atom stereocenters. The number of hydrogen-bond acceptors (Lipinski definition) is 0. The summed E-state index contributed by atoms with van der Waals surface area (Å²) < 4.78 is 0. The summed E-state index contributed by atoms with van der Waals surface area (Å²) in [6, 6.07) is 0. The van der Waals surface area contributed by atoms with Crippen molar-refractivity contribution in [3.8, 4) is 0 Å². The molecule has 4 saturated carbocycles. The van der Waals surface area contributed by atoms with Crippen molar-refractivity contribution in [2.24, 2.45) is 28.6 Å². The van der Waals surface area contributed by atoms with Crippen molar-refractivity contribution < 1.29 is 0 Å². The van der Waals surface area contributed by atoms with Crippen LogP contribution in [0.5, 0.6) is 0 Å². The Hall–Kier alpha value is 0. The van der Waals surface area contributed by atoms with Crippen LogP contribution in [0.25, 0.3) is 0 Å². The van der Waals surface area contributed by atoms with E-state index in [2.05, 4.69) is 6.92 Å². The van der Waals surface area contributed by atoms with Crippen LogP contribution in [-0.2, 0) is 0 Å². The van der Waals surface area contributed by atoms with Gasteiger partial charge in [0.1, 0.15) is 0 Å². The van der Waals surface area contributed by atoms with Crippen LogP contribution < -0.4 is 0 Å².